The third-order valence-electron chi connectivity index (χ3n) is 12.6. The maximum atomic E-state index is 12.8. The van der Waals surface area contributed by atoms with Crippen molar-refractivity contribution < 1.29 is 42.1 Å². The van der Waals surface area contributed by atoms with Gasteiger partial charge in [-0.25, -0.2) is 4.57 Å². The molecule has 0 fully saturated rings. The van der Waals surface area contributed by atoms with Crippen molar-refractivity contribution >= 4 is 19.8 Å². The molecule has 75 heavy (non-hydrogen) atoms. The molecular formula is C65H113NO8P+. The summed E-state index contributed by atoms with van der Waals surface area (Å²) >= 11 is 0. The number of carbonyl (C=O) groups excluding carboxylic acids is 2. The van der Waals surface area contributed by atoms with Gasteiger partial charge in [0.15, 0.2) is 6.10 Å². The maximum absolute atomic E-state index is 12.8. The van der Waals surface area contributed by atoms with E-state index in [-0.39, 0.29) is 32.0 Å². The molecule has 10 heteroatoms. The van der Waals surface area contributed by atoms with Crippen LogP contribution in [0.3, 0.4) is 0 Å². The zero-order valence-corrected chi connectivity index (χ0v) is 49.6. The Balaban J connectivity index is 4.22. The second kappa shape index (κ2) is 55.4. The lowest BCUT2D eigenvalue weighted by Crippen LogP contribution is -2.37. The molecule has 2 unspecified atom stereocenters. The molecule has 0 saturated carbocycles. The number of rotatable bonds is 54. The van der Waals surface area contributed by atoms with Crippen LogP contribution in [0.5, 0.6) is 0 Å². The molecule has 0 saturated heterocycles. The molecule has 0 amide bonds. The van der Waals surface area contributed by atoms with Crippen LogP contribution in [0.15, 0.2) is 109 Å². The average molecular weight is 1070 g/mol. The Kier molecular flexibility index (Phi) is 53.0. The quantitative estimate of drug-likeness (QED) is 0.0211. The van der Waals surface area contributed by atoms with Gasteiger partial charge in [0.1, 0.15) is 19.8 Å². The first kappa shape index (κ1) is 71.7. The normalized spacial score (nSPS) is 14.1. The summed E-state index contributed by atoms with van der Waals surface area (Å²) in [5.41, 5.74) is 0. The van der Waals surface area contributed by atoms with Crippen molar-refractivity contribution in [1.29, 1.82) is 0 Å². The van der Waals surface area contributed by atoms with E-state index in [9.17, 15) is 19.0 Å². The number of quaternary nitrogens is 1. The number of hydrogen-bond acceptors (Lipinski definition) is 7. The summed E-state index contributed by atoms with van der Waals surface area (Å²) in [6.07, 6.45) is 77.3. The number of ether oxygens (including phenoxy) is 2. The molecule has 0 spiro atoms. The van der Waals surface area contributed by atoms with E-state index < -0.39 is 26.5 Å². The van der Waals surface area contributed by atoms with Crippen LogP contribution in [-0.2, 0) is 32.7 Å². The van der Waals surface area contributed by atoms with Crippen molar-refractivity contribution in [1.82, 2.24) is 0 Å². The van der Waals surface area contributed by atoms with Crippen LogP contribution in [-0.4, -0.2) is 74.9 Å². The van der Waals surface area contributed by atoms with Gasteiger partial charge in [0, 0.05) is 12.8 Å². The van der Waals surface area contributed by atoms with Crippen LogP contribution in [0, 0.1) is 0 Å². The minimum Gasteiger partial charge on any atom is -0.462 e. The van der Waals surface area contributed by atoms with E-state index in [4.69, 9.17) is 18.5 Å². The van der Waals surface area contributed by atoms with E-state index in [1.165, 1.54) is 96.3 Å². The number of nitrogens with zero attached hydrogens (tertiary/aromatic N) is 1. The molecule has 1 N–H and O–H groups in total. The van der Waals surface area contributed by atoms with Crippen molar-refractivity contribution in [2.75, 3.05) is 47.5 Å². The summed E-state index contributed by atoms with van der Waals surface area (Å²) < 4.78 is 34.6. The Morgan fingerprint density at radius 3 is 1.13 bits per heavy atom. The Morgan fingerprint density at radius 1 is 0.427 bits per heavy atom. The van der Waals surface area contributed by atoms with Crippen LogP contribution in [0.1, 0.15) is 239 Å². The number of carbonyl (C=O) groups is 2. The third-order valence-corrected chi connectivity index (χ3v) is 13.6. The zero-order valence-electron chi connectivity index (χ0n) is 48.7. The predicted molar refractivity (Wildman–Crippen MR) is 321 cm³/mol. The summed E-state index contributed by atoms with van der Waals surface area (Å²) in [7, 11) is 1.45. The molecule has 0 aliphatic heterocycles. The highest BCUT2D eigenvalue weighted by molar-refractivity contribution is 7.47. The second-order valence-corrected chi connectivity index (χ2v) is 22.5. The van der Waals surface area contributed by atoms with Crippen LogP contribution in [0.2, 0.25) is 0 Å². The Bertz CT molecular complexity index is 1630. The standard InChI is InChI=1S/C65H112NO8P/c1-6-8-10-12-14-16-18-20-22-24-26-27-28-29-30-31-32-33-34-35-36-37-38-39-40-42-44-46-48-50-52-54-56-58-65(68)74-63(62-73-75(69,70)72-60-59-66(3,4)5)61-71-64(67)57-55-53-51-49-47-45-43-41-25-23-21-19-17-15-13-11-9-7-2/h8,10,14,16,20,22,26-27,29-30,32-33,35-36,38-39,42,44,63H,6-7,9,11-13,15,17-19,21,23-25,28,31,34,37,40-41,43,45-62H2,1-5H3/p+1/b10-8-,16-14-,22-20-,27-26-,30-29-,33-32-,36-35-,39-38-,44-42-. The largest absolute Gasteiger partial charge is 0.472 e. The summed E-state index contributed by atoms with van der Waals surface area (Å²) in [6.45, 7) is 4.30. The van der Waals surface area contributed by atoms with E-state index in [0.717, 1.165) is 109 Å². The van der Waals surface area contributed by atoms with Crippen molar-refractivity contribution in [3.8, 4) is 0 Å². The van der Waals surface area contributed by atoms with Crippen molar-refractivity contribution in [3.05, 3.63) is 109 Å². The minimum atomic E-state index is -4.40. The fraction of sp³-hybridized carbons (Fsp3) is 0.692. The lowest BCUT2D eigenvalue weighted by atomic mass is 10.0. The lowest BCUT2D eigenvalue weighted by Gasteiger charge is -2.24. The van der Waals surface area contributed by atoms with Crippen molar-refractivity contribution in [3.63, 3.8) is 0 Å². The number of likely N-dealkylation sites (N-methyl/N-ethyl adjacent to an activating group) is 1. The topological polar surface area (TPSA) is 108 Å². The highest BCUT2D eigenvalue weighted by Crippen LogP contribution is 2.43. The van der Waals surface area contributed by atoms with E-state index in [0.29, 0.717) is 17.4 Å². The molecule has 0 heterocycles. The highest BCUT2D eigenvalue weighted by Gasteiger charge is 2.27. The van der Waals surface area contributed by atoms with Gasteiger partial charge in [-0.2, -0.15) is 0 Å². The summed E-state index contributed by atoms with van der Waals surface area (Å²) in [4.78, 5) is 35.7. The first-order chi connectivity index (χ1) is 36.5. The molecular weight excluding hydrogens is 954 g/mol. The SMILES string of the molecule is CC/C=C\C/C=C\C/C=C\C/C=C\C/C=C\C/C=C\C/C=C\C/C=C\C/C=C\CCCCCCCC(=O)OC(COC(=O)CCCCCCCCCCCCCCCCCCCC)COP(=O)(O)OCC[N+](C)(C)C. The van der Waals surface area contributed by atoms with Crippen LogP contribution in [0.25, 0.3) is 0 Å². The monoisotopic (exact) mass is 1070 g/mol. The van der Waals surface area contributed by atoms with Gasteiger partial charge in [-0.05, 0) is 83.5 Å². The van der Waals surface area contributed by atoms with Gasteiger partial charge in [0.2, 0.25) is 0 Å². The van der Waals surface area contributed by atoms with Crippen LogP contribution < -0.4 is 0 Å². The summed E-state index contributed by atoms with van der Waals surface area (Å²) in [5.74, 6) is -0.819. The molecule has 0 aliphatic rings. The Labute approximate surface area is 461 Å². The van der Waals surface area contributed by atoms with Gasteiger partial charge < -0.3 is 18.9 Å². The van der Waals surface area contributed by atoms with Gasteiger partial charge in [-0.1, -0.05) is 252 Å². The van der Waals surface area contributed by atoms with Crippen molar-refractivity contribution in [2.24, 2.45) is 0 Å². The van der Waals surface area contributed by atoms with E-state index in [1.54, 1.807) is 0 Å². The summed E-state index contributed by atoms with van der Waals surface area (Å²) in [6, 6.07) is 0. The van der Waals surface area contributed by atoms with Gasteiger partial charge in [-0.3, -0.25) is 18.6 Å². The average Bonchev–Trinajstić information content (AvgIpc) is 3.37. The van der Waals surface area contributed by atoms with Crippen LogP contribution in [0.4, 0.5) is 0 Å². The third kappa shape index (κ3) is 59.8. The van der Waals surface area contributed by atoms with Gasteiger partial charge in [-0.15, -0.1) is 0 Å². The van der Waals surface area contributed by atoms with E-state index >= 15 is 0 Å². The number of unbranched alkanes of at least 4 members (excludes halogenated alkanes) is 22. The molecule has 0 radical (unpaired) electrons. The Hall–Kier alpha value is -3.33. The molecule has 0 rings (SSSR count). The van der Waals surface area contributed by atoms with Gasteiger partial charge >= 0.3 is 19.8 Å². The summed E-state index contributed by atoms with van der Waals surface area (Å²) in [5, 5.41) is 0. The molecule has 0 aromatic rings. The molecule has 0 aromatic heterocycles. The first-order valence-electron chi connectivity index (χ1n) is 30.1. The maximum Gasteiger partial charge on any atom is 0.472 e. The van der Waals surface area contributed by atoms with Gasteiger partial charge in [0.05, 0.1) is 27.7 Å². The number of hydrogen-bond donors (Lipinski definition) is 1. The number of phosphoric acid groups is 1. The molecule has 0 aromatic carbocycles. The van der Waals surface area contributed by atoms with Crippen molar-refractivity contribution in [2.45, 2.75) is 245 Å². The van der Waals surface area contributed by atoms with E-state index in [1.807, 2.05) is 21.1 Å². The molecule has 2 atom stereocenters. The predicted octanol–water partition coefficient (Wildman–Crippen LogP) is 19.0. The minimum absolute atomic E-state index is 0.0233. The lowest BCUT2D eigenvalue weighted by molar-refractivity contribution is -0.870. The molecule has 9 nitrogen and oxygen atoms in total. The number of phosphoric ester groups is 1. The Morgan fingerprint density at radius 2 is 0.760 bits per heavy atom. The first-order valence-corrected chi connectivity index (χ1v) is 31.6. The second-order valence-electron chi connectivity index (χ2n) is 21.0. The number of allylic oxidation sites excluding steroid dienone is 18. The smallest absolute Gasteiger partial charge is 0.462 e. The molecule has 0 bridgehead atoms. The fourth-order valence-electron chi connectivity index (χ4n) is 7.95. The molecule has 0 aliphatic carbocycles. The molecule has 430 valence electrons. The fourth-order valence-corrected chi connectivity index (χ4v) is 8.69. The number of esters is 2. The van der Waals surface area contributed by atoms with Gasteiger partial charge in [0.25, 0.3) is 0 Å². The van der Waals surface area contributed by atoms with E-state index in [2.05, 4.69) is 123 Å². The zero-order chi connectivity index (χ0) is 54.9. The highest BCUT2D eigenvalue weighted by atomic mass is 31.2. The van der Waals surface area contributed by atoms with Crippen LogP contribution >= 0.6 is 7.82 Å².